The SMILES string of the molecule is COC(=O)Cc1c(OC)[nH]c(OC(F)(F)F)cc1=O. The first kappa shape index (κ1) is 14.9. The summed E-state index contributed by atoms with van der Waals surface area (Å²) in [6.45, 7) is 0. The standard InChI is InChI=1S/C10H10F3NO5/c1-17-8(16)3-5-6(15)4-7(14-9(5)18-2)19-10(11,12)13/h4H,3H2,1-2H3,(H,14,15). The average molecular weight is 281 g/mol. The van der Waals surface area contributed by atoms with Gasteiger partial charge in [-0.1, -0.05) is 0 Å². The summed E-state index contributed by atoms with van der Waals surface area (Å²) in [6, 6.07) is 0.578. The summed E-state index contributed by atoms with van der Waals surface area (Å²) >= 11 is 0. The van der Waals surface area contributed by atoms with Crippen molar-refractivity contribution in [3.8, 4) is 11.8 Å². The highest BCUT2D eigenvalue weighted by Gasteiger charge is 2.32. The highest BCUT2D eigenvalue weighted by atomic mass is 19.4. The van der Waals surface area contributed by atoms with Crippen molar-refractivity contribution in [1.82, 2.24) is 4.98 Å². The number of aromatic nitrogens is 1. The second kappa shape index (κ2) is 5.63. The molecule has 1 heterocycles. The molecular formula is C10H10F3NO5. The van der Waals surface area contributed by atoms with E-state index in [9.17, 15) is 22.8 Å². The van der Waals surface area contributed by atoms with E-state index in [0.717, 1.165) is 14.2 Å². The first-order chi connectivity index (χ1) is 8.76. The molecule has 0 saturated heterocycles. The van der Waals surface area contributed by atoms with Crippen molar-refractivity contribution in [2.24, 2.45) is 0 Å². The number of esters is 1. The topological polar surface area (TPSA) is 77.6 Å². The molecule has 1 aromatic heterocycles. The predicted molar refractivity (Wildman–Crippen MR) is 56.0 cm³/mol. The molecule has 0 aliphatic heterocycles. The van der Waals surface area contributed by atoms with Gasteiger partial charge in [-0.15, -0.1) is 13.2 Å². The Morgan fingerprint density at radius 2 is 2.00 bits per heavy atom. The zero-order chi connectivity index (χ0) is 14.6. The fourth-order valence-corrected chi connectivity index (χ4v) is 1.28. The summed E-state index contributed by atoms with van der Waals surface area (Å²) in [6.07, 6.45) is -5.38. The van der Waals surface area contributed by atoms with Gasteiger partial charge in [0.15, 0.2) is 5.43 Å². The van der Waals surface area contributed by atoms with E-state index < -0.39 is 30.1 Å². The van der Waals surface area contributed by atoms with E-state index in [2.05, 4.69) is 14.5 Å². The highest BCUT2D eigenvalue weighted by Crippen LogP contribution is 2.23. The first-order valence-corrected chi connectivity index (χ1v) is 4.89. The van der Waals surface area contributed by atoms with Crippen LogP contribution in [0.5, 0.6) is 11.8 Å². The van der Waals surface area contributed by atoms with Crippen molar-refractivity contribution < 1.29 is 32.2 Å². The van der Waals surface area contributed by atoms with Gasteiger partial charge in [0.1, 0.15) is 0 Å². The number of pyridine rings is 1. The number of aromatic amines is 1. The zero-order valence-electron chi connectivity index (χ0n) is 9.96. The number of rotatable bonds is 4. The van der Waals surface area contributed by atoms with Crippen LogP contribution in [0, 0.1) is 0 Å². The van der Waals surface area contributed by atoms with E-state index in [0.29, 0.717) is 6.07 Å². The van der Waals surface area contributed by atoms with Crippen molar-refractivity contribution in [2.75, 3.05) is 14.2 Å². The summed E-state index contributed by atoms with van der Waals surface area (Å²) in [4.78, 5) is 24.8. The Morgan fingerprint density at radius 1 is 1.37 bits per heavy atom. The maximum Gasteiger partial charge on any atom is 0.574 e. The van der Waals surface area contributed by atoms with E-state index in [1.54, 1.807) is 0 Å². The molecule has 0 saturated carbocycles. The fourth-order valence-electron chi connectivity index (χ4n) is 1.28. The van der Waals surface area contributed by atoms with E-state index in [4.69, 9.17) is 4.74 Å². The molecule has 0 aliphatic carbocycles. The molecular weight excluding hydrogens is 271 g/mol. The maximum atomic E-state index is 12.0. The van der Waals surface area contributed by atoms with Crippen LogP contribution >= 0.6 is 0 Å². The summed E-state index contributed by atoms with van der Waals surface area (Å²) < 4.78 is 48.7. The first-order valence-electron chi connectivity index (χ1n) is 4.89. The summed E-state index contributed by atoms with van der Waals surface area (Å²) in [5.41, 5.74) is -0.982. The molecule has 0 amide bonds. The Labute approximate surface area is 105 Å². The number of hydrogen-bond donors (Lipinski definition) is 1. The normalized spacial score (nSPS) is 11.0. The summed E-state index contributed by atoms with van der Waals surface area (Å²) in [5.74, 6) is -1.85. The summed E-state index contributed by atoms with van der Waals surface area (Å²) in [5, 5.41) is 0. The fraction of sp³-hybridized carbons (Fsp3) is 0.400. The molecule has 106 valence electrons. The monoisotopic (exact) mass is 281 g/mol. The Hall–Kier alpha value is -2.19. The van der Waals surface area contributed by atoms with Crippen LogP contribution in [0.3, 0.4) is 0 Å². The minimum Gasteiger partial charge on any atom is -0.482 e. The van der Waals surface area contributed by atoms with E-state index in [-0.39, 0.29) is 11.4 Å². The van der Waals surface area contributed by atoms with Gasteiger partial charge in [-0.2, -0.15) is 0 Å². The van der Waals surface area contributed by atoms with Gasteiger partial charge in [0.2, 0.25) is 11.8 Å². The quantitative estimate of drug-likeness (QED) is 0.833. The van der Waals surface area contributed by atoms with Crippen molar-refractivity contribution in [3.63, 3.8) is 0 Å². The number of alkyl halides is 3. The third-order valence-electron chi connectivity index (χ3n) is 2.05. The van der Waals surface area contributed by atoms with Crippen LogP contribution in [-0.2, 0) is 16.0 Å². The number of carbonyl (C=O) groups is 1. The van der Waals surface area contributed by atoms with E-state index in [1.807, 2.05) is 0 Å². The number of carbonyl (C=O) groups excluding carboxylic acids is 1. The highest BCUT2D eigenvalue weighted by molar-refractivity contribution is 5.73. The third-order valence-corrected chi connectivity index (χ3v) is 2.05. The lowest BCUT2D eigenvalue weighted by Gasteiger charge is -2.12. The number of hydrogen-bond acceptors (Lipinski definition) is 5. The average Bonchev–Trinajstić information content (AvgIpc) is 2.29. The summed E-state index contributed by atoms with van der Waals surface area (Å²) in [7, 11) is 2.24. The lowest BCUT2D eigenvalue weighted by Crippen LogP contribution is -2.22. The van der Waals surface area contributed by atoms with Crippen LogP contribution < -0.4 is 14.9 Å². The van der Waals surface area contributed by atoms with Crippen LogP contribution in [0.15, 0.2) is 10.9 Å². The van der Waals surface area contributed by atoms with Crippen LogP contribution in [0.25, 0.3) is 0 Å². The lowest BCUT2D eigenvalue weighted by atomic mass is 10.2. The molecule has 9 heteroatoms. The number of methoxy groups -OCH3 is 2. The van der Waals surface area contributed by atoms with E-state index >= 15 is 0 Å². The number of H-pyrrole nitrogens is 1. The minimum atomic E-state index is -4.95. The van der Waals surface area contributed by atoms with Gasteiger partial charge < -0.3 is 14.2 Å². The molecule has 0 atom stereocenters. The van der Waals surface area contributed by atoms with Crippen LogP contribution in [0.2, 0.25) is 0 Å². The van der Waals surface area contributed by atoms with Crippen LogP contribution in [0.1, 0.15) is 5.56 Å². The molecule has 1 aromatic rings. The van der Waals surface area contributed by atoms with Gasteiger partial charge >= 0.3 is 12.3 Å². The van der Waals surface area contributed by atoms with Crippen molar-refractivity contribution in [1.29, 1.82) is 0 Å². The number of halogens is 3. The number of nitrogens with one attached hydrogen (secondary N) is 1. The largest absolute Gasteiger partial charge is 0.574 e. The van der Waals surface area contributed by atoms with Gasteiger partial charge in [-0.05, 0) is 0 Å². The molecule has 6 nitrogen and oxygen atoms in total. The van der Waals surface area contributed by atoms with Gasteiger partial charge in [0, 0.05) is 6.07 Å². The molecule has 0 fully saturated rings. The molecule has 0 aromatic carbocycles. The van der Waals surface area contributed by atoms with Crippen molar-refractivity contribution in [2.45, 2.75) is 12.8 Å². The molecule has 19 heavy (non-hydrogen) atoms. The van der Waals surface area contributed by atoms with Crippen LogP contribution in [-0.4, -0.2) is 31.5 Å². The molecule has 1 rings (SSSR count). The molecule has 0 unspecified atom stereocenters. The van der Waals surface area contributed by atoms with Gasteiger partial charge in [0.25, 0.3) is 0 Å². The maximum absolute atomic E-state index is 12.0. The minimum absolute atomic E-state index is 0.149. The second-order valence-corrected chi connectivity index (χ2v) is 3.31. The molecule has 0 aliphatic rings. The second-order valence-electron chi connectivity index (χ2n) is 3.31. The Balaban J connectivity index is 3.15. The number of ether oxygens (including phenoxy) is 3. The lowest BCUT2D eigenvalue weighted by molar-refractivity contribution is -0.276. The molecule has 1 N–H and O–H groups in total. The molecule has 0 spiro atoms. The molecule has 0 radical (unpaired) electrons. The van der Waals surface area contributed by atoms with Gasteiger partial charge in [0.05, 0.1) is 26.2 Å². The smallest absolute Gasteiger partial charge is 0.482 e. The Kier molecular flexibility index (Phi) is 4.41. The van der Waals surface area contributed by atoms with Crippen molar-refractivity contribution in [3.05, 3.63) is 21.9 Å². The third kappa shape index (κ3) is 4.19. The Bertz CT molecular complexity index is 523. The van der Waals surface area contributed by atoms with Gasteiger partial charge in [-0.25, -0.2) is 0 Å². The Morgan fingerprint density at radius 3 is 2.47 bits per heavy atom. The van der Waals surface area contributed by atoms with Gasteiger partial charge in [-0.3, -0.25) is 14.6 Å². The predicted octanol–water partition coefficient (Wildman–Crippen LogP) is 0.998. The van der Waals surface area contributed by atoms with Crippen molar-refractivity contribution >= 4 is 5.97 Å². The van der Waals surface area contributed by atoms with Crippen LogP contribution in [0.4, 0.5) is 13.2 Å². The van der Waals surface area contributed by atoms with E-state index in [1.165, 1.54) is 0 Å². The zero-order valence-corrected chi connectivity index (χ0v) is 9.96. The molecule has 0 bridgehead atoms.